The quantitative estimate of drug-likeness (QED) is 0.819. The van der Waals surface area contributed by atoms with Crippen LogP contribution in [-0.2, 0) is 0 Å². The van der Waals surface area contributed by atoms with Crippen LogP contribution in [0.25, 0.3) is 0 Å². The molecular formula is C13H17FN2O2. The summed E-state index contributed by atoms with van der Waals surface area (Å²) in [5.74, 6) is -1.39. The van der Waals surface area contributed by atoms with E-state index in [-0.39, 0.29) is 11.3 Å². The minimum atomic E-state index is -0.669. The average molecular weight is 252 g/mol. The Morgan fingerprint density at radius 3 is 2.78 bits per heavy atom. The van der Waals surface area contributed by atoms with E-state index in [1.165, 1.54) is 18.2 Å². The molecular weight excluding hydrogens is 235 g/mol. The fraction of sp³-hybridized carbons (Fsp3) is 0.462. The first-order valence-corrected chi connectivity index (χ1v) is 6.05. The number of likely N-dealkylation sites (N-methyl/N-ethyl adjacent to an activating group) is 1. The van der Waals surface area contributed by atoms with Crippen molar-refractivity contribution >= 4 is 5.91 Å². The molecule has 1 N–H and O–H groups in total. The van der Waals surface area contributed by atoms with Crippen molar-refractivity contribution < 1.29 is 14.3 Å². The maximum absolute atomic E-state index is 13.6. The molecule has 1 fully saturated rings. The maximum atomic E-state index is 13.6. The minimum absolute atomic E-state index is 0.220. The van der Waals surface area contributed by atoms with Crippen LogP contribution in [0.2, 0.25) is 0 Å². The predicted molar refractivity (Wildman–Crippen MR) is 66.1 cm³/mol. The van der Waals surface area contributed by atoms with Crippen molar-refractivity contribution in [2.24, 2.45) is 0 Å². The lowest BCUT2D eigenvalue weighted by Gasteiger charge is -2.21. The first kappa shape index (κ1) is 12.8. The monoisotopic (exact) mass is 252 g/mol. The van der Waals surface area contributed by atoms with E-state index >= 15 is 0 Å². The normalized spacial score (nSPS) is 17.6. The third kappa shape index (κ3) is 2.61. The van der Waals surface area contributed by atoms with Gasteiger partial charge in [-0.15, -0.1) is 0 Å². The first-order chi connectivity index (χ1) is 8.59. The summed E-state index contributed by atoms with van der Waals surface area (Å²) in [7, 11) is 1.99. The molecule has 98 valence electrons. The second-order valence-corrected chi connectivity index (χ2v) is 4.58. The summed E-state index contributed by atoms with van der Waals surface area (Å²) >= 11 is 0. The number of halogens is 1. The average Bonchev–Trinajstić information content (AvgIpc) is 2.53. The fourth-order valence-electron chi connectivity index (χ4n) is 2.13. The number of phenols is 1. The Balaban J connectivity index is 2.20. The molecule has 0 radical (unpaired) electrons. The van der Waals surface area contributed by atoms with E-state index in [9.17, 15) is 14.3 Å². The smallest absolute Gasteiger partial charge is 0.260 e. The molecule has 1 aromatic carbocycles. The lowest BCUT2D eigenvalue weighted by atomic mass is 10.1. The van der Waals surface area contributed by atoms with E-state index in [0.29, 0.717) is 13.1 Å². The minimum Gasteiger partial charge on any atom is -0.507 e. The SMILES string of the molecule is CN1CCCN(C(=O)c2c(O)cccc2F)CC1. The van der Waals surface area contributed by atoms with Gasteiger partial charge in [0.15, 0.2) is 0 Å². The van der Waals surface area contributed by atoms with Crippen molar-refractivity contribution in [3.05, 3.63) is 29.6 Å². The lowest BCUT2D eigenvalue weighted by molar-refractivity contribution is 0.0755. The van der Waals surface area contributed by atoms with Gasteiger partial charge >= 0.3 is 0 Å². The van der Waals surface area contributed by atoms with Gasteiger partial charge in [0.2, 0.25) is 0 Å². The molecule has 0 bridgehead atoms. The summed E-state index contributed by atoms with van der Waals surface area (Å²) in [5, 5.41) is 9.62. The van der Waals surface area contributed by atoms with E-state index in [1.54, 1.807) is 4.90 Å². The third-order valence-corrected chi connectivity index (χ3v) is 3.21. The molecule has 0 aromatic heterocycles. The molecule has 4 nitrogen and oxygen atoms in total. The molecule has 1 aliphatic heterocycles. The summed E-state index contributed by atoms with van der Waals surface area (Å²) in [6.07, 6.45) is 0.859. The number of hydrogen-bond acceptors (Lipinski definition) is 3. The second-order valence-electron chi connectivity index (χ2n) is 4.58. The van der Waals surface area contributed by atoms with Crippen LogP contribution in [0.3, 0.4) is 0 Å². The zero-order valence-electron chi connectivity index (χ0n) is 10.4. The Morgan fingerprint density at radius 2 is 2.06 bits per heavy atom. The van der Waals surface area contributed by atoms with E-state index in [2.05, 4.69) is 4.90 Å². The van der Waals surface area contributed by atoms with Crippen LogP contribution in [0.1, 0.15) is 16.8 Å². The summed E-state index contributed by atoms with van der Waals surface area (Å²) in [6.45, 7) is 2.84. The van der Waals surface area contributed by atoms with E-state index < -0.39 is 11.7 Å². The fourth-order valence-corrected chi connectivity index (χ4v) is 2.13. The molecule has 1 aromatic rings. The first-order valence-electron chi connectivity index (χ1n) is 6.05. The van der Waals surface area contributed by atoms with E-state index in [1.807, 2.05) is 7.05 Å². The third-order valence-electron chi connectivity index (χ3n) is 3.21. The number of benzene rings is 1. The van der Waals surface area contributed by atoms with Gasteiger partial charge in [-0.2, -0.15) is 0 Å². The highest BCUT2D eigenvalue weighted by molar-refractivity contribution is 5.97. The number of carbonyl (C=O) groups is 1. The van der Waals surface area contributed by atoms with Crippen LogP contribution in [0.15, 0.2) is 18.2 Å². The molecule has 1 heterocycles. The van der Waals surface area contributed by atoms with Crippen LogP contribution < -0.4 is 0 Å². The lowest BCUT2D eigenvalue weighted by Crippen LogP contribution is -2.35. The van der Waals surface area contributed by atoms with Crippen molar-refractivity contribution in [2.45, 2.75) is 6.42 Å². The largest absolute Gasteiger partial charge is 0.507 e. The number of phenolic OH excluding ortho intramolecular Hbond substituents is 1. The summed E-state index contributed by atoms with van der Waals surface area (Å²) in [4.78, 5) is 15.9. The molecule has 0 atom stereocenters. The molecule has 2 rings (SSSR count). The van der Waals surface area contributed by atoms with Gasteiger partial charge < -0.3 is 14.9 Å². The van der Waals surface area contributed by atoms with Crippen LogP contribution >= 0.6 is 0 Å². The van der Waals surface area contributed by atoms with E-state index in [0.717, 1.165) is 19.5 Å². The van der Waals surface area contributed by atoms with Crippen LogP contribution in [0.4, 0.5) is 4.39 Å². The van der Waals surface area contributed by atoms with Gasteiger partial charge in [-0.1, -0.05) is 6.07 Å². The Morgan fingerprint density at radius 1 is 1.28 bits per heavy atom. The van der Waals surface area contributed by atoms with Gasteiger partial charge in [-0.05, 0) is 32.1 Å². The van der Waals surface area contributed by atoms with Gasteiger partial charge in [0, 0.05) is 19.6 Å². The highest BCUT2D eigenvalue weighted by Crippen LogP contribution is 2.22. The number of hydrogen-bond donors (Lipinski definition) is 1. The second kappa shape index (κ2) is 5.35. The number of amides is 1. The number of carbonyl (C=O) groups excluding carboxylic acids is 1. The van der Waals surface area contributed by atoms with Crippen LogP contribution in [0.5, 0.6) is 5.75 Å². The van der Waals surface area contributed by atoms with Crippen LogP contribution in [-0.4, -0.2) is 54.0 Å². The maximum Gasteiger partial charge on any atom is 0.260 e. The standard InChI is InChI=1S/C13H17FN2O2/c1-15-6-3-7-16(9-8-15)13(18)12-10(14)4-2-5-11(12)17/h2,4-5,17H,3,6-9H2,1H3. The zero-order chi connectivity index (χ0) is 13.1. The Hall–Kier alpha value is -1.62. The predicted octanol–water partition coefficient (Wildman–Crippen LogP) is 1.31. The van der Waals surface area contributed by atoms with Crippen molar-refractivity contribution in [1.82, 2.24) is 9.80 Å². The molecule has 18 heavy (non-hydrogen) atoms. The van der Waals surface area contributed by atoms with Gasteiger partial charge in [0.25, 0.3) is 5.91 Å². The molecule has 0 unspecified atom stereocenters. The highest BCUT2D eigenvalue weighted by atomic mass is 19.1. The molecule has 1 amide bonds. The molecule has 0 saturated carbocycles. The van der Waals surface area contributed by atoms with Crippen molar-refractivity contribution in [2.75, 3.05) is 33.2 Å². The van der Waals surface area contributed by atoms with E-state index in [4.69, 9.17) is 0 Å². The zero-order valence-corrected chi connectivity index (χ0v) is 10.4. The van der Waals surface area contributed by atoms with Crippen LogP contribution in [0, 0.1) is 5.82 Å². The molecule has 0 aliphatic carbocycles. The van der Waals surface area contributed by atoms with Gasteiger partial charge in [-0.25, -0.2) is 4.39 Å². The molecule has 5 heteroatoms. The number of aromatic hydroxyl groups is 1. The van der Waals surface area contributed by atoms with Gasteiger partial charge in [0.1, 0.15) is 17.1 Å². The number of rotatable bonds is 1. The Bertz CT molecular complexity index is 430. The summed E-state index contributed by atoms with van der Waals surface area (Å²) in [6, 6.07) is 3.91. The summed E-state index contributed by atoms with van der Waals surface area (Å²) < 4.78 is 13.6. The Labute approximate surface area is 106 Å². The van der Waals surface area contributed by atoms with Crippen molar-refractivity contribution in [3.8, 4) is 5.75 Å². The number of nitrogens with zero attached hydrogens (tertiary/aromatic N) is 2. The molecule has 1 saturated heterocycles. The van der Waals surface area contributed by atoms with Crippen molar-refractivity contribution in [3.63, 3.8) is 0 Å². The molecule has 1 aliphatic rings. The van der Waals surface area contributed by atoms with Gasteiger partial charge in [-0.3, -0.25) is 4.79 Å². The Kier molecular flexibility index (Phi) is 3.81. The topological polar surface area (TPSA) is 43.8 Å². The summed E-state index contributed by atoms with van der Waals surface area (Å²) in [5.41, 5.74) is -0.220. The van der Waals surface area contributed by atoms with Gasteiger partial charge in [0.05, 0.1) is 0 Å². The highest BCUT2D eigenvalue weighted by Gasteiger charge is 2.24. The van der Waals surface area contributed by atoms with Crippen molar-refractivity contribution in [1.29, 1.82) is 0 Å². The molecule has 0 spiro atoms.